The molecule has 23 heteroatoms. The highest BCUT2D eigenvalue weighted by molar-refractivity contribution is 9.10. The second-order valence-electron chi connectivity index (χ2n) is 26.5. The van der Waals surface area contributed by atoms with E-state index in [0.717, 1.165) is 45.8 Å². The first-order valence-corrected chi connectivity index (χ1v) is 29.4. The maximum atomic E-state index is 11.6. The second kappa shape index (κ2) is 40.5. The number of benzene rings is 3. The van der Waals surface area contributed by atoms with E-state index >= 15 is 0 Å². The summed E-state index contributed by atoms with van der Waals surface area (Å²) < 4.78 is 32.0. The molecule has 0 saturated carbocycles. The van der Waals surface area contributed by atoms with Gasteiger partial charge < -0.3 is 70.2 Å². The number of rotatable bonds is 14. The molecule has 0 saturated heterocycles. The Morgan fingerprint density at radius 3 is 0.930 bits per heavy atom. The summed E-state index contributed by atoms with van der Waals surface area (Å²) in [6.45, 7) is 42.6. The van der Waals surface area contributed by atoms with E-state index in [1.54, 1.807) is 118 Å². The maximum Gasteiger partial charge on any atom is 0.519 e. The highest BCUT2D eigenvalue weighted by Gasteiger charge is 2.36. The Labute approximate surface area is 538 Å². The van der Waals surface area contributed by atoms with Crippen LogP contribution in [0.5, 0.6) is 0 Å². The standard InChI is InChI=1S/C19H31BNO4.C13H18BrNO2.C10H18O5.C8H10BrN.2C6H14O2.CH4.B2/c1-17(2,3)24-16(22)21-13-12-14-8-10-15(11-9-14)20-25-19(6,7)18(4,5)23;1-13(2,3)17-12(16)15-9-8-10-4-6-11(14)7-5-10;1-9(2,3)14-7(11)13-8(12)15-10(4,5)6;9-8-3-1-7(2-4-8)5-6-10;2*1-5(2,7)6(3,4)8;;1-2/h8-11,23H,12-13H2,1-7H3,(H,21,22);4-7H,8-9H2,1-3H3,(H,15,16);1-6H3;1-4H,5-6,10H2;2*7-8H,1-4H3;1H4;. The van der Waals surface area contributed by atoms with Crippen LogP contribution in [-0.4, -0.2) is 149 Å². The van der Waals surface area contributed by atoms with Crippen LogP contribution in [-0.2, 0) is 47.6 Å². The SMILES string of the molecule is C.CC(C)(C)OC(=O)NCCc1ccc(Br)cc1.CC(C)(C)OC(=O)NCCc1ccc([B]OC(C)(C)C(C)(C)O)cc1.CC(C)(C)OC(=O)OC(=O)OC(C)(C)C.CC(C)(O)C(C)(C)O.CC(C)(O)C(C)(C)O.NCCc1ccc(Br)cc1.[B][B]. The number of nitrogens with one attached hydrogen (secondary N) is 2. The number of amides is 2. The number of hydrogen-bond donors (Lipinski definition) is 8. The van der Waals surface area contributed by atoms with Crippen LogP contribution in [0.4, 0.5) is 19.2 Å². The van der Waals surface area contributed by atoms with Gasteiger partial charge in [-0.05, 0) is 233 Å². The number of ether oxygens (including phenoxy) is 5. The first-order valence-electron chi connectivity index (χ1n) is 27.8. The van der Waals surface area contributed by atoms with Crippen LogP contribution in [0.25, 0.3) is 0 Å². The van der Waals surface area contributed by atoms with E-state index in [-0.39, 0.29) is 13.5 Å². The summed E-state index contributed by atoms with van der Waals surface area (Å²) in [7, 11) is 9.65. The normalized spacial score (nSPS) is 11.8. The van der Waals surface area contributed by atoms with Gasteiger partial charge >= 0.3 is 32.0 Å². The fourth-order valence-electron chi connectivity index (χ4n) is 4.45. The van der Waals surface area contributed by atoms with Gasteiger partial charge in [0.15, 0.2) is 0 Å². The minimum atomic E-state index is -1.06. The molecule has 0 unspecified atom stereocenters. The molecule has 86 heavy (non-hydrogen) atoms. The molecule has 9 N–H and O–H groups in total. The van der Waals surface area contributed by atoms with Crippen LogP contribution in [0.1, 0.15) is 190 Å². The largest absolute Gasteiger partial charge is 0.519 e. The molecule has 489 valence electrons. The summed E-state index contributed by atoms with van der Waals surface area (Å²) >= 11 is 6.75. The molecule has 0 aromatic heterocycles. The zero-order valence-corrected chi connectivity index (χ0v) is 58.7. The quantitative estimate of drug-likeness (QED) is 0.0322. The van der Waals surface area contributed by atoms with Crippen LogP contribution in [0.15, 0.2) is 81.7 Å². The van der Waals surface area contributed by atoms with E-state index in [1.165, 1.54) is 11.1 Å². The summed E-state index contributed by atoms with van der Waals surface area (Å²) in [5.74, 6) is 0. The average Bonchev–Trinajstić information content (AvgIpc) is 3.45. The minimum absolute atomic E-state index is 0. The van der Waals surface area contributed by atoms with E-state index in [2.05, 4.69) is 74.8 Å². The number of nitrogens with two attached hydrogens (primary N) is 1. The molecule has 0 heterocycles. The molecule has 2 amide bonds. The van der Waals surface area contributed by atoms with Crippen LogP contribution in [0, 0.1) is 0 Å². The first-order chi connectivity index (χ1) is 38.0. The van der Waals surface area contributed by atoms with Gasteiger partial charge in [-0.15, -0.1) is 0 Å². The van der Waals surface area contributed by atoms with E-state index in [0.29, 0.717) is 13.1 Å². The van der Waals surface area contributed by atoms with Gasteiger partial charge in [-0.2, -0.15) is 0 Å². The summed E-state index contributed by atoms with van der Waals surface area (Å²) in [5.41, 5.74) is 1.90. The number of carbonyl (C=O) groups is 4. The topological polar surface area (TPSA) is 275 Å². The van der Waals surface area contributed by atoms with Crippen LogP contribution < -0.4 is 21.8 Å². The Hall–Kier alpha value is -4.19. The molecule has 0 aliphatic carbocycles. The fourth-order valence-corrected chi connectivity index (χ4v) is 4.98. The Morgan fingerprint density at radius 1 is 0.442 bits per heavy atom. The van der Waals surface area contributed by atoms with Crippen LogP contribution in [0.2, 0.25) is 0 Å². The summed E-state index contributed by atoms with van der Waals surface area (Å²) in [6.07, 6.45) is -0.405. The van der Waals surface area contributed by atoms with Crippen molar-refractivity contribution in [1.82, 2.24) is 10.6 Å². The van der Waals surface area contributed by atoms with Crippen molar-refractivity contribution in [2.75, 3.05) is 19.6 Å². The van der Waals surface area contributed by atoms with E-state index < -0.39 is 74.4 Å². The van der Waals surface area contributed by atoms with Gasteiger partial charge in [-0.1, -0.05) is 93.3 Å². The minimum Gasteiger partial charge on any atom is -0.444 e. The molecule has 0 aliphatic rings. The fraction of sp³-hybridized carbons (Fsp3) is 0.651. The molecular weight excluding hydrogens is 1230 g/mol. The monoisotopic (exact) mass is 1340 g/mol. The molecule has 3 aromatic carbocycles. The number of halogens is 2. The lowest BCUT2D eigenvalue weighted by atomic mass is 9.81. The van der Waals surface area contributed by atoms with Crippen molar-refractivity contribution in [2.45, 2.75) is 249 Å². The highest BCUT2D eigenvalue weighted by Crippen LogP contribution is 2.25. The van der Waals surface area contributed by atoms with Crippen molar-refractivity contribution < 1.29 is 73.0 Å². The lowest BCUT2D eigenvalue weighted by molar-refractivity contribution is -0.107. The lowest BCUT2D eigenvalue weighted by Gasteiger charge is -2.37. The second-order valence-corrected chi connectivity index (χ2v) is 28.3. The van der Waals surface area contributed by atoms with Crippen molar-refractivity contribution in [2.24, 2.45) is 5.73 Å². The van der Waals surface area contributed by atoms with E-state index in [4.69, 9.17) is 49.8 Å². The third-order valence-electron chi connectivity index (χ3n) is 11.3. The Kier molecular flexibility index (Phi) is 42.6. The smallest absolute Gasteiger partial charge is 0.444 e. The van der Waals surface area contributed by atoms with Gasteiger partial charge in [-0.3, -0.25) is 0 Å². The molecule has 0 spiro atoms. The van der Waals surface area contributed by atoms with E-state index in [9.17, 15) is 24.3 Å². The Bertz CT molecular complexity index is 2240. The van der Waals surface area contributed by atoms with Gasteiger partial charge in [0.25, 0.3) is 0 Å². The molecule has 0 fully saturated rings. The lowest BCUT2D eigenvalue weighted by Crippen LogP contribution is -2.49. The predicted molar refractivity (Wildman–Crippen MR) is 357 cm³/mol. The third kappa shape index (κ3) is 51.8. The number of hydrogen-bond acceptors (Lipinski definition) is 16. The van der Waals surface area contributed by atoms with E-state index in [1.807, 2.05) is 116 Å². The molecule has 0 bridgehead atoms. The molecule has 0 atom stereocenters. The van der Waals surface area contributed by atoms with Gasteiger partial charge in [0.05, 0.1) is 33.6 Å². The summed E-state index contributed by atoms with van der Waals surface area (Å²) in [4.78, 5) is 45.0. The van der Waals surface area contributed by atoms with Gasteiger partial charge in [-0.25, -0.2) is 19.2 Å². The van der Waals surface area contributed by atoms with Crippen LogP contribution in [0.3, 0.4) is 0 Å². The van der Waals surface area contributed by atoms with Crippen molar-refractivity contribution in [1.29, 1.82) is 0 Å². The number of carbonyl (C=O) groups excluding carboxylic acids is 4. The molecule has 18 nitrogen and oxygen atoms in total. The summed E-state index contributed by atoms with van der Waals surface area (Å²) in [5, 5.41) is 52.0. The predicted octanol–water partition coefficient (Wildman–Crippen LogP) is 11.8. The zero-order chi connectivity index (χ0) is 67.9. The van der Waals surface area contributed by atoms with Gasteiger partial charge in [0.1, 0.15) is 22.4 Å². The zero-order valence-electron chi connectivity index (χ0n) is 55.6. The number of aliphatic hydroxyl groups is 5. The van der Waals surface area contributed by atoms with Gasteiger partial charge in [0, 0.05) is 37.5 Å². The molecular formula is C63H109B3Br2N3O15. The first kappa shape index (κ1) is 90.6. The van der Waals surface area contributed by atoms with Crippen molar-refractivity contribution >= 4 is 84.8 Å². The summed E-state index contributed by atoms with van der Waals surface area (Å²) in [6, 6.07) is 24.1. The van der Waals surface area contributed by atoms with Crippen molar-refractivity contribution in [3.63, 3.8) is 0 Å². The average molecular weight is 1340 g/mol. The Morgan fingerprint density at radius 2 is 0.698 bits per heavy atom. The van der Waals surface area contributed by atoms with Crippen molar-refractivity contribution in [3.05, 3.63) is 98.4 Å². The third-order valence-corrected chi connectivity index (χ3v) is 12.4. The maximum absolute atomic E-state index is 11.6. The highest BCUT2D eigenvalue weighted by atomic mass is 79.9. The molecule has 5 radical (unpaired) electrons. The molecule has 3 rings (SSSR count). The van der Waals surface area contributed by atoms with Crippen molar-refractivity contribution in [3.8, 4) is 0 Å². The number of alkyl carbamates (subject to hydrolysis) is 2. The van der Waals surface area contributed by atoms with Gasteiger partial charge in [0.2, 0.25) is 0 Å². The Balaban J connectivity index is -0.000000318. The molecule has 0 aliphatic heterocycles. The molecule has 3 aromatic rings. The van der Waals surface area contributed by atoms with Crippen LogP contribution >= 0.6 is 31.9 Å².